The van der Waals surface area contributed by atoms with Crippen molar-refractivity contribution in [2.24, 2.45) is 0 Å². The van der Waals surface area contributed by atoms with Gasteiger partial charge in [0.15, 0.2) is 0 Å². The van der Waals surface area contributed by atoms with Gasteiger partial charge in [-0.25, -0.2) is 4.98 Å². The minimum Gasteiger partial charge on any atom is -0.368 e. The fourth-order valence-electron chi connectivity index (χ4n) is 2.44. The molecule has 0 aliphatic heterocycles. The molecule has 4 nitrogen and oxygen atoms in total. The maximum absolute atomic E-state index is 5.73. The molecule has 0 bridgehead atoms. The molecular formula is C13H14N4. The average Bonchev–Trinajstić information content (AvgIpc) is 2.62. The van der Waals surface area contributed by atoms with Gasteiger partial charge in [0.2, 0.25) is 5.95 Å². The number of nitrogens with two attached hydrogens (primary N) is 1. The summed E-state index contributed by atoms with van der Waals surface area (Å²) >= 11 is 0. The maximum Gasteiger partial charge on any atom is 0.222 e. The third kappa shape index (κ3) is 1.30. The molecule has 0 unspecified atom stereocenters. The van der Waals surface area contributed by atoms with Crippen molar-refractivity contribution in [3.63, 3.8) is 0 Å². The van der Waals surface area contributed by atoms with Crippen LogP contribution >= 0.6 is 0 Å². The lowest BCUT2D eigenvalue weighted by atomic mass is 10.2. The van der Waals surface area contributed by atoms with Crippen LogP contribution in [0.2, 0.25) is 0 Å². The van der Waals surface area contributed by atoms with Gasteiger partial charge in [0.1, 0.15) is 5.65 Å². The Morgan fingerprint density at radius 2 is 2.00 bits per heavy atom. The lowest BCUT2D eigenvalue weighted by Gasteiger charge is -2.02. The first-order valence-electron chi connectivity index (χ1n) is 5.73. The molecule has 0 saturated carbocycles. The predicted octanol–water partition coefficient (Wildman–Crippen LogP) is 2.50. The smallest absolute Gasteiger partial charge is 0.222 e. The van der Waals surface area contributed by atoms with E-state index < -0.39 is 0 Å². The first-order valence-corrected chi connectivity index (χ1v) is 5.73. The Morgan fingerprint density at radius 1 is 1.24 bits per heavy atom. The number of para-hydroxylation sites is 1. The molecule has 2 heterocycles. The normalized spacial score (nSPS) is 11.4. The van der Waals surface area contributed by atoms with Crippen molar-refractivity contribution in [1.82, 2.24) is 14.5 Å². The van der Waals surface area contributed by atoms with Gasteiger partial charge in [-0.1, -0.05) is 18.2 Å². The largest absolute Gasteiger partial charge is 0.368 e. The Balaban J connectivity index is 2.63. The molecule has 1 aromatic carbocycles. The SMILES string of the molecule is CCn1c2ccccc2c2c(C)nc(N)nc21. The van der Waals surface area contributed by atoms with E-state index in [9.17, 15) is 0 Å². The van der Waals surface area contributed by atoms with Gasteiger partial charge >= 0.3 is 0 Å². The number of rotatable bonds is 1. The fraction of sp³-hybridized carbons (Fsp3) is 0.231. The number of benzene rings is 1. The number of aromatic nitrogens is 3. The number of nitrogens with zero attached hydrogens (tertiary/aromatic N) is 3. The molecule has 0 aliphatic carbocycles. The average molecular weight is 226 g/mol. The fourth-order valence-corrected chi connectivity index (χ4v) is 2.44. The zero-order chi connectivity index (χ0) is 12.0. The third-order valence-electron chi connectivity index (χ3n) is 3.12. The van der Waals surface area contributed by atoms with Crippen LogP contribution in [-0.4, -0.2) is 14.5 Å². The van der Waals surface area contributed by atoms with Gasteiger partial charge in [-0.15, -0.1) is 0 Å². The van der Waals surface area contributed by atoms with Gasteiger partial charge in [-0.3, -0.25) is 0 Å². The highest BCUT2D eigenvalue weighted by atomic mass is 15.1. The Hall–Kier alpha value is -2.10. The van der Waals surface area contributed by atoms with Crippen molar-refractivity contribution in [1.29, 1.82) is 0 Å². The van der Waals surface area contributed by atoms with E-state index in [0.717, 1.165) is 23.3 Å². The van der Waals surface area contributed by atoms with E-state index in [1.165, 1.54) is 10.9 Å². The van der Waals surface area contributed by atoms with Gasteiger partial charge in [-0.05, 0) is 19.9 Å². The summed E-state index contributed by atoms with van der Waals surface area (Å²) < 4.78 is 2.18. The minimum absolute atomic E-state index is 0.340. The van der Waals surface area contributed by atoms with Crippen LogP contribution in [-0.2, 0) is 6.54 Å². The topological polar surface area (TPSA) is 56.7 Å². The van der Waals surface area contributed by atoms with Crippen LogP contribution in [0, 0.1) is 6.92 Å². The standard InChI is InChI=1S/C13H14N4/c1-3-17-10-7-5-4-6-9(10)11-8(2)15-13(14)16-12(11)17/h4-7H,3H2,1-2H3,(H2,14,15,16). The van der Waals surface area contributed by atoms with Crippen LogP contribution in [0.3, 0.4) is 0 Å². The van der Waals surface area contributed by atoms with E-state index in [4.69, 9.17) is 5.73 Å². The van der Waals surface area contributed by atoms with Crippen LogP contribution in [0.15, 0.2) is 24.3 Å². The second kappa shape index (κ2) is 3.45. The molecule has 0 spiro atoms. The summed E-state index contributed by atoms with van der Waals surface area (Å²) in [5.74, 6) is 0.340. The van der Waals surface area contributed by atoms with Gasteiger partial charge in [0.05, 0.1) is 11.2 Å². The van der Waals surface area contributed by atoms with Crippen molar-refractivity contribution in [3.05, 3.63) is 30.0 Å². The number of hydrogen-bond donors (Lipinski definition) is 1. The van der Waals surface area contributed by atoms with Crippen molar-refractivity contribution < 1.29 is 0 Å². The maximum atomic E-state index is 5.73. The van der Waals surface area contributed by atoms with E-state index in [0.29, 0.717) is 5.95 Å². The van der Waals surface area contributed by atoms with Crippen molar-refractivity contribution in [3.8, 4) is 0 Å². The molecule has 0 amide bonds. The van der Waals surface area contributed by atoms with E-state index in [1.807, 2.05) is 19.1 Å². The molecule has 0 saturated heterocycles. The number of aryl methyl sites for hydroxylation is 2. The molecule has 3 aromatic rings. The van der Waals surface area contributed by atoms with Gasteiger partial charge in [-0.2, -0.15) is 4.98 Å². The molecule has 2 N–H and O–H groups in total. The van der Waals surface area contributed by atoms with Crippen LogP contribution < -0.4 is 5.73 Å². The Kier molecular flexibility index (Phi) is 2.04. The number of nitrogen functional groups attached to an aromatic ring is 1. The van der Waals surface area contributed by atoms with E-state index in [2.05, 4.69) is 33.6 Å². The van der Waals surface area contributed by atoms with Crippen LogP contribution in [0.5, 0.6) is 0 Å². The Bertz CT molecular complexity index is 712. The summed E-state index contributed by atoms with van der Waals surface area (Å²) in [4.78, 5) is 8.63. The summed E-state index contributed by atoms with van der Waals surface area (Å²) in [5.41, 5.74) is 8.79. The summed E-state index contributed by atoms with van der Waals surface area (Å²) in [6.45, 7) is 4.96. The van der Waals surface area contributed by atoms with Crippen LogP contribution in [0.1, 0.15) is 12.6 Å². The third-order valence-corrected chi connectivity index (χ3v) is 3.12. The monoisotopic (exact) mass is 226 g/mol. The Labute approximate surface area is 99.1 Å². The highest BCUT2D eigenvalue weighted by molar-refractivity contribution is 6.08. The number of anilines is 1. The molecule has 2 aromatic heterocycles. The number of fused-ring (bicyclic) bond motifs is 3. The second-order valence-corrected chi connectivity index (χ2v) is 4.13. The zero-order valence-corrected chi connectivity index (χ0v) is 9.94. The summed E-state index contributed by atoms with van der Waals surface area (Å²) in [5, 5.41) is 2.30. The molecule has 3 rings (SSSR count). The van der Waals surface area contributed by atoms with E-state index in [-0.39, 0.29) is 0 Å². The zero-order valence-electron chi connectivity index (χ0n) is 9.94. The molecule has 0 radical (unpaired) electrons. The first kappa shape index (κ1) is 10.1. The molecule has 0 fully saturated rings. The van der Waals surface area contributed by atoms with E-state index in [1.54, 1.807) is 0 Å². The Morgan fingerprint density at radius 3 is 2.76 bits per heavy atom. The molecule has 0 aliphatic rings. The van der Waals surface area contributed by atoms with Gasteiger partial charge < -0.3 is 10.3 Å². The molecule has 0 atom stereocenters. The molecular weight excluding hydrogens is 212 g/mol. The quantitative estimate of drug-likeness (QED) is 0.693. The highest BCUT2D eigenvalue weighted by Gasteiger charge is 2.13. The summed E-state index contributed by atoms with van der Waals surface area (Å²) in [6.07, 6.45) is 0. The highest BCUT2D eigenvalue weighted by Crippen LogP contribution is 2.29. The van der Waals surface area contributed by atoms with Crippen LogP contribution in [0.4, 0.5) is 5.95 Å². The first-order chi connectivity index (χ1) is 8.22. The van der Waals surface area contributed by atoms with Gasteiger partial charge in [0, 0.05) is 17.3 Å². The molecule has 17 heavy (non-hydrogen) atoms. The second-order valence-electron chi connectivity index (χ2n) is 4.13. The van der Waals surface area contributed by atoms with Gasteiger partial charge in [0.25, 0.3) is 0 Å². The molecule has 86 valence electrons. The number of hydrogen-bond acceptors (Lipinski definition) is 3. The molecule has 4 heteroatoms. The summed E-state index contributed by atoms with van der Waals surface area (Å²) in [6, 6.07) is 8.30. The predicted molar refractivity (Wildman–Crippen MR) is 69.9 cm³/mol. The summed E-state index contributed by atoms with van der Waals surface area (Å²) in [7, 11) is 0. The lowest BCUT2D eigenvalue weighted by Crippen LogP contribution is -2.01. The van der Waals surface area contributed by atoms with Crippen LogP contribution in [0.25, 0.3) is 21.9 Å². The van der Waals surface area contributed by atoms with E-state index >= 15 is 0 Å². The lowest BCUT2D eigenvalue weighted by molar-refractivity contribution is 0.815. The minimum atomic E-state index is 0.340. The van der Waals surface area contributed by atoms with Crippen molar-refractivity contribution in [2.75, 3.05) is 5.73 Å². The van der Waals surface area contributed by atoms with Crippen molar-refractivity contribution >= 4 is 27.9 Å². The van der Waals surface area contributed by atoms with Crippen molar-refractivity contribution in [2.45, 2.75) is 20.4 Å².